The van der Waals surface area contributed by atoms with Crippen molar-refractivity contribution < 1.29 is 0 Å². The third kappa shape index (κ3) is 1.73. The summed E-state index contributed by atoms with van der Waals surface area (Å²) in [6.45, 7) is 5.03. The SMILES string of the molecule is C[CH2][Sn]1([CH3])[N](C)CCC[N]1C. The van der Waals surface area contributed by atoms with Gasteiger partial charge < -0.3 is 0 Å². The van der Waals surface area contributed by atoms with Crippen molar-refractivity contribution in [1.29, 1.82) is 0 Å². The molecule has 0 spiro atoms. The zero-order chi connectivity index (χ0) is 8.48. The van der Waals surface area contributed by atoms with E-state index in [-0.39, 0.29) is 0 Å². The van der Waals surface area contributed by atoms with Crippen LogP contribution in [-0.2, 0) is 0 Å². The van der Waals surface area contributed by atoms with Gasteiger partial charge in [0.1, 0.15) is 0 Å². The van der Waals surface area contributed by atoms with Crippen LogP contribution in [0, 0.1) is 0 Å². The molecule has 0 radical (unpaired) electrons. The van der Waals surface area contributed by atoms with Crippen molar-refractivity contribution in [2.24, 2.45) is 0 Å². The molecule has 11 heavy (non-hydrogen) atoms. The number of rotatable bonds is 1. The predicted octanol–water partition coefficient (Wildman–Crippen LogP) is 1.35. The fourth-order valence-corrected chi connectivity index (χ4v) is 10.3. The Labute approximate surface area is 75.1 Å². The van der Waals surface area contributed by atoms with E-state index in [9.17, 15) is 0 Å². The summed E-state index contributed by atoms with van der Waals surface area (Å²) in [5, 5.41) is 0. The fourth-order valence-electron chi connectivity index (χ4n) is 1.86. The Hall–Kier alpha value is 0.719. The molecular weight excluding hydrogens is 243 g/mol. The Kier molecular flexibility index (Phi) is 3.23. The van der Waals surface area contributed by atoms with Crippen molar-refractivity contribution in [2.45, 2.75) is 22.7 Å². The van der Waals surface area contributed by atoms with Gasteiger partial charge in [-0.1, -0.05) is 0 Å². The van der Waals surface area contributed by atoms with E-state index in [0.29, 0.717) is 0 Å². The first-order valence-corrected chi connectivity index (χ1v) is 12.0. The normalized spacial score (nSPS) is 27.3. The molecule has 1 heterocycles. The third-order valence-electron chi connectivity index (χ3n) is 3.30. The Morgan fingerprint density at radius 2 is 1.64 bits per heavy atom. The molecule has 0 aliphatic carbocycles. The molecule has 0 amide bonds. The molecule has 1 rings (SSSR count). The topological polar surface area (TPSA) is 6.48 Å². The first kappa shape index (κ1) is 9.80. The molecule has 1 aliphatic heterocycles. The molecule has 1 fully saturated rings. The van der Waals surface area contributed by atoms with Crippen molar-refractivity contribution in [3.63, 3.8) is 0 Å². The molecule has 1 saturated heterocycles. The van der Waals surface area contributed by atoms with E-state index < -0.39 is 18.9 Å². The maximum atomic E-state index is 2.66. The zero-order valence-electron chi connectivity index (χ0n) is 8.22. The van der Waals surface area contributed by atoms with Crippen LogP contribution in [-0.4, -0.2) is 52.4 Å². The van der Waals surface area contributed by atoms with Crippen LogP contribution < -0.4 is 0 Å². The molecule has 0 aromatic heterocycles. The van der Waals surface area contributed by atoms with Crippen LogP contribution in [0.4, 0.5) is 0 Å². The second-order valence-electron chi connectivity index (χ2n) is 3.77. The summed E-state index contributed by atoms with van der Waals surface area (Å²) < 4.78 is 6.75. The van der Waals surface area contributed by atoms with Gasteiger partial charge in [0.2, 0.25) is 0 Å². The molecule has 0 bridgehead atoms. The van der Waals surface area contributed by atoms with Crippen LogP contribution in [0.25, 0.3) is 0 Å². The van der Waals surface area contributed by atoms with E-state index in [2.05, 4.69) is 32.2 Å². The van der Waals surface area contributed by atoms with Crippen molar-refractivity contribution in [3.8, 4) is 0 Å². The van der Waals surface area contributed by atoms with Gasteiger partial charge in [0.25, 0.3) is 0 Å². The summed E-state index contributed by atoms with van der Waals surface area (Å²) in [4.78, 5) is 2.54. The van der Waals surface area contributed by atoms with Gasteiger partial charge in [-0.25, -0.2) is 0 Å². The molecule has 66 valence electrons. The molecule has 3 heteroatoms. The molecule has 0 N–H and O–H groups in total. The first-order chi connectivity index (χ1) is 5.11. The van der Waals surface area contributed by atoms with Crippen LogP contribution in [0.5, 0.6) is 0 Å². The second kappa shape index (κ2) is 3.62. The van der Waals surface area contributed by atoms with Gasteiger partial charge in [0, 0.05) is 0 Å². The number of hydrogen-bond acceptors (Lipinski definition) is 2. The summed E-state index contributed by atoms with van der Waals surface area (Å²) in [6, 6.07) is 0. The molecule has 0 saturated carbocycles. The van der Waals surface area contributed by atoms with E-state index in [1.54, 1.807) is 0 Å². The van der Waals surface area contributed by atoms with Gasteiger partial charge >= 0.3 is 75.1 Å². The Morgan fingerprint density at radius 3 is 1.91 bits per heavy atom. The van der Waals surface area contributed by atoms with Gasteiger partial charge in [-0.15, -0.1) is 0 Å². The molecule has 1 aliphatic rings. The van der Waals surface area contributed by atoms with Gasteiger partial charge in [0.05, 0.1) is 0 Å². The summed E-state index contributed by atoms with van der Waals surface area (Å²) >= 11 is -1.90. The van der Waals surface area contributed by atoms with Crippen molar-refractivity contribution in [1.82, 2.24) is 6.24 Å². The number of nitrogens with zero attached hydrogens (tertiary/aromatic N) is 2. The fraction of sp³-hybridized carbons (Fsp3) is 1.00. The summed E-state index contributed by atoms with van der Waals surface area (Å²) in [5.74, 6) is 0. The average molecular weight is 263 g/mol. The Morgan fingerprint density at radius 1 is 1.18 bits per heavy atom. The first-order valence-electron chi connectivity index (χ1n) is 4.53. The van der Waals surface area contributed by atoms with E-state index >= 15 is 0 Å². The van der Waals surface area contributed by atoms with Crippen LogP contribution in [0.2, 0.25) is 9.38 Å². The van der Waals surface area contributed by atoms with Crippen molar-refractivity contribution in [3.05, 3.63) is 0 Å². The quantitative estimate of drug-likeness (QED) is 0.659. The molecule has 0 atom stereocenters. The van der Waals surface area contributed by atoms with Crippen LogP contribution in [0.3, 0.4) is 0 Å². The van der Waals surface area contributed by atoms with Crippen molar-refractivity contribution in [2.75, 3.05) is 27.2 Å². The molecule has 2 nitrogen and oxygen atoms in total. The van der Waals surface area contributed by atoms with Gasteiger partial charge in [-0.3, -0.25) is 0 Å². The number of hydrogen-bond donors (Lipinski definition) is 0. The Bertz CT molecular complexity index is 128. The van der Waals surface area contributed by atoms with E-state index in [1.807, 2.05) is 0 Å². The zero-order valence-corrected chi connectivity index (χ0v) is 11.1. The van der Waals surface area contributed by atoms with Crippen LogP contribution in [0.1, 0.15) is 13.3 Å². The Balaban J connectivity index is 2.69. The molecule has 0 unspecified atom stereocenters. The van der Waals surface area contributed by atoms with Crippen LogP contribution in [0.15, 0.2) is 0 Å². The van der Waals surface area contributed by atoms with E-state index in [4.69, 9.17) is 0 Å². The molecule has 0 aromatic carbocycles. The average Bonchev–Trinajstić information content (AvgIpc) is 2.00. The second-order valence-corrected chi connectivity index (χ2v) is 17.1. The van der Waals surface area contributed by atoms with E-state index in [1.165, 1.54) is 23.9 Å². The monoisotopic (exact) mass is 264 g/mol. The van der Waals surface area contributed by atoms with E-state index in [0.717, 1.165) is 0 Å². The summed E-state index contributed by atoms with van der Waals surface area (Å²) in [6.07, 6.45) is 1.36. The predicted molar refractivity (Wildman–Crippen MR) is 52.0 cm³/mol. The van der Waals surface area contributed by atoms with Gasteiger partial charge in [0.15, 0.2) is 0 Å². The third-order valence-corrected chi connectivity index (χ3v) is 17.8. The maximum absolute atomic E-state index is 2.66. The summed E-state index contributed by atoms with van der Waals surface area (Å²) in [5.41, 5.74) is 0. The standard InChI is InChI=1S/C5H12N2.C2H5.CH3.Sn/c1-6-4-3-5-7-2;1-2;;/h3-5H2,1-2H3;1H2,2H3;1H3;/q-2;;;+2. The van der Waals surface area contributed by atoms with Gasteiger partial charge in [-0.05, 0) is 0 Å². The molecule has 0 aromatic rings. The summed E-state index contributed by atoms with van der Waals surface area (Å²) in [7, 11) is 4.63. The minimum atomic E-state index is -1.90. The van der Waals surface area contributed by atoms with Crippen molar-refractivity contribution >= 4 is 18.9 Å². The van der Waals surface area contributed by atoms with Gasteiger partial charge in [-0.2, -0.15) is 0 Å². The van der Waals surface area contributed by atoms with Crippen LogP contribution >= 0.6 is 0 Å². The molecular formula is C8H20N2Sn. The minimum absolute atomic E-state index is 1.34.